The lowest BCUT2D eigenvalue weighted by atomic mass is 9.90. The Hall–Kier alpha value is -4.19. The van der Waals surface area contributed by atoms with Crippen molar-refractivity contribution in [2.45, 2.75) is 70.1 Å². The summed E-state index contributed by atoms with van der Waals surface area (Å²) in [7, 11) is 1.77. The van der Waals surface area contributed by atoms with Crippen LogP contribution >= 0.6 is 11.3 Å². The van der Waals surface area contributed by atoms with Crippen molar-refractivity contribution < 1.29 is 18.7 Å². The number of carbonyl (C=O) groups is 1. The van der Waals surface area contributed by atoms with E-state index in [1.54, 1.807) is 25.4 Å². The number of anilines is 1. The van der Waals surface area contributed by atoms with Crippen LogP contribution < -0.4 is 5.32 Å². The standard InChI is InChI=1S/C37H38N6O4S/c1-20-41-42-36(47-20)30-25(10-9-21-12-16-46-17-13-21)39-33-27-8-5-15-43(27)37(44)32(33)31(30)29-18-22-11-14-38-35(34(22)48-29)40-26-19-28(45-2)24-7-4-3-6-23(24)26/h3-4,6-7,11,14,18,21,26-28H,5,8-10,12-13,15-17,19H2,1-2H3,(H,38,40)/t26-,27-,28+/m0/s1. The Morgan fingerprint density at radius 2 is 1.92 bits per heavy atom. The normalized spacial score (nSPS) is 22.0. The predicted molar refractivity (Wildman–Crippen MR) is 183 cm³/mol. The maximum Gasteiger partial charge on any atom is 0.257 e. The summed E-state index contributed by atoms with van der Waals surface area (Å²) in [6.45, 7) is 4.17. The highest BCUT2D eigenvalue weighted by molar-refractivity contribution is 7.23. The quantitative estimate of drug-likeness (QED) is 0.179. The molecule has 3 aliphatic heterocycles. The van der Waals surface area contributed by atoms with Gasteiger partial charge in [0.2, 0.25) is 11.8 Å². The summed E-state index contributed by atoms with van der Waals surface area (Å²) in [5, 5.41) is 13.6. The number of rotatable bonds is 8. The second-order valence-electron chi connectivity index (χ2n) is 13.4. The maximum absolute atomic E-state index is 14.2. The number of carbonyl (C=O) groups excluding carboxylic acids is 1. The summed E-state index contributed by atoms with van der Waals surface area (Å²) in [6, 6.07) is 12.8. The highest BCUT2D eigenvalue weighted by atomic mass is 32.1. The Balaban J connectivity index is 1.19. The Morgan fingerprint density at radius 3 is 2.73 bits per heavy atom. The SMILES string of the molecule is CO[C@@H]1C[C@H](Nc2nccc3cc(-c4c5c(nc(CCC6CCOCC6)c4-c4nnc(C)o4)[C@@H]4CCCN4C5=O)sc23)c2ccccc21. The summed E-state index contributed by atoms with van der Waals surface area (Å²) in [5.41, 5.74) is 6.62. The number of benzene rings is 1. The van der Waals surface area contributed by atoms with Crippen LogP contribution in [-0.4, -0.2) is 57.8 Å². The number of methoxy groups -OCH3 is 1. The van der Waals surface area contributed by atoms with Crippen molar-refractivity contribution >= 4 is 33.1 Å². The first-order valence-corrected chi connectivity index (χ1v) is 17.9. The molecule has 11 heteroatoms. The summed E-state index contributed by atoms with van der Waals surface area (Å²) < 4.78 is 18.7. The smallest absolute Gasteiger partial charge is 0.257 e. The third kappa shape index (κ3) is 4.93. The molecule has 2 fully saturated rings. The molecule has 1 aromatic carbocycles. The van der Waals surface area contributed by atoms with Crippen LogP contribution in [0.2, 0.25) is 0 Å². The highest BCUT2D eigenvalue weighted by Crippen LogP contribution is 2.51. The van der Waals surface area contributed by atoms with E-state index >= 15 is 0 Å². The molecule has 0 saturated carbocycles. The van der Waals surface area contributed by atoms with Gasteiger partial charge in [0.15, 0.2) is 0 Å². The van der Waals surface area contributed by atoms with E-state index in [4.69, 9.17) is 23.9 Å². The molecule has 5 aromatic rings. The van der Waals surface area contributed by atoms with Gasteiger partial charge in [-0.2, -0.15) is 0 Å². The number of aryl methyl sites for hydroxylation is 2. The first-order chi connectivity index (χ1) is 23.6. The molecule has 7 heterocycles. The number of ether oxygens (including phenoxy) is 2. The van der Waals surface area contributed by atoms with E-state index in [1.807, 2.05) is 17.2 Å². The summed E-state index contributed by atoms with van der Waals surface area (Å²) in [6.07, 6.45) is 8.51. The number of nitrogens with zero attached hydrogens (tertiary/aromatic N) is 5. The third-order valence-electron chi connectivity index (χ3n) is 10.7. The van der Waals surface area contributed by atoms with Crippen LogP contribution in [0.25, 0.3) is 32.0 Å². The van der Waals surface area contributed by atoms with Crippen molar-refractivity contribution in [1.29, 1.82) is 0 Å². The molecular formula is C37H38N6O4S. The van der Waals surface area contributed by atoms with E-state index in [2.05, 4.69) is 45.8 Å². The van der Waals surface area contributed by atoms with Crippen LogP contribution in [0.15, 0.2) is 47.0 Å². The molecule has 1 amide bonds. The fourth-order valence-electron chi connectivity index (χ4n) is 8.29. The Bertz CT molecular complexity index is 2030. The summed E-state index contributed by atoms with van der Waals surface area (Å²) >= 11 is 1.65. The molecular weight excluding hydrogens is 625 g/mol. The van der Waals surface area contributed by atoms with Gasteiger partial charge in [-0.3, -0.25) is 9.78 Å². The molecule has 1 aliphatic carbocycles. The minimum Gasteiger partial charge on any atom is -0.421 e. The van der Waals surface area contributed by atoms with E-state index in [1.165, 1.54) is 11.1 Å². The number of fused-ring (bicyclic) bond motifs is 5. The molecule has 3 atom stereocenters. The van der Waals surface area contributed by atoms with Crippen molar-refractivity contribution in [2.75, 3.05) is 32.2 Å². The van der Waals surface area contributed by atoms with Crippen LogP contribution in [0.3, 0.4) is 0 Å². The number of amides is 1. The zero-order valence-electron chi connectivity index (χ0n) is 27.2. The zero-order chi connectivity index (χ0) is 32.4. The van der Waals surface area contributed by atoms with E-state index in [9.17, 15) is 4.79 Å². The minimum atomic E-state index is 0.0102. The molecule has 0 bridgehead atoms. The van der Waals surface area contributed by atoms with Gasteiger partial charge in [-0.1, -0.05) is 24.3 Å². The molecule has 0 unspecified atom stereocenters. The van der Waals surface area contributed by atoms with Crippen molar-refractivity contribution in [2.24, 2.45) is 5.92 Å². The maximum atomic E-state index is 14.2. The van der Waals surface area contributed by atoms with Crippen LogP contribution in [0, 0.1) is 12.8 Å². The highest BCUT2D eigenvalue weighted by Gasteiger charge is 2.45. The number of thiophene rings is 1. The molecule has 4 aliphatic rings. The second-order valence-corrected chi connectivity index (χ2v) is 14.5. The first kappa shape index (κ1) is 29.9. The summed E-state index contributed by atoms with van der Waals surface area (Å²) in [4.78, 5) is 27.4. The number of hydrogen-bond donors (Lipinski definition) is 1. The average molecular weight is 663 g/mol. The van der Waals surface area contributed by atoms with Gasteiger partial charge in [0.1, 0.15) is 5.82 Å². The first-order valence-electron chi connectivity index (χ1n) is 17.1. The van der Waals surface area contributed by atoms with Crippen LogP contribution in [-0.2, 0) is 15.9 Å². The van der Waals surface area contributed by atoms with Crippen LogP contribution in [0.5, 0.6) is 0 Å². The lowest BCUT2D eigenvalue weighted by Gasteiger charge is -2.22. The average Bonchev–Trinajstić information content (AvgIpc) is 3.95. The molecule has 246 valence electrons. The monoisotopic (exact) mass is 662 g/mol. The molecule has 9 rings (SSSR count). The Labute approximate surface area is 282 Å². The van der Waals surface area contributed by atoms with Crippen molar-refractivity contribution in [3.63, 3.8) is 0 Å². The van der Waals surface area contributed by atoms with Gasteiger partial charge in [-0.05, 0) is 73.1 Å². The predicted octanol–water partition coefficient (Wildman–Crippen LogP) is 7.61. The fraction of sp³-hybridized carbons (Fsp3) is 0.432. The number of aromatic nitrogens is 4. The van der Waals surface area contributed by atoms with Gasteiger partial charge in [-0.15, -0.1) is 21.5 Å². The van der Waals surface area contributed by atoms with Gasteiger partial charge >= 0.3 is 0 Å². The van der Waals surface area contributed by atoms with Crippen molar-refractivity contribution in [3.05, 3.63) is 76.6 Å². The molecule has 4 aromatic heterocycles. The minimum absolute atomic E-state index is 0.0102. The van der Waals surface area contributed by atoms with Gasteiger partial charge in [0.25, 0.3) is 5.91 Å². The fourth-order valence-corrected chi connectivity index (χ4v) is 9.45. The lowest BCUT2D eigenvalue weighted by Crippen LogP contribution is -2.22. The molecule has 2 saturated heterocycles. The largest absolute Gasteiger partial charge is 0.421 e. The van der Waals surface area contributed by atoms with Gasteiger partial charge in [0.05, 0.1) is 45.4 Å². The van der Waals surface area contributed by atoms with Crippen LogP contribution in [0.1, 0.15) is 95.5 Å². The molecule has 10 nitrogen and oxygen atoms in total. The Morgan fingerprint density at radius 1 is 1.06 bits per heavy atom. The lowest BCUT2D eigenvalue weighted by molar-refractivity contribution is 0.0639. The van der Waals surface area contributed by atoms with Crippen molar-refractivity contribution in [1.82, 2.24) is 25.1 Å². The van der Waals surface area contributed by atoms with Gasteiger partial charge in [0, 0.05) is 56.9 Å². The van der Waals surface area contributed by atoms with E-state index in [0.29, 0.717) is 23.3 Å². The molecule has 0 spiro atoms. The topological polar surface area (TPSA) is 116 Å². The second kappa shape index (κ2) is 12.0. The van der Waals surface area contributed by atoms with E-state index in [-0.39, 0.29) is 24.1 Å². The number of pyridine rings is 2. The number of nitrogens with one attached hydrogen (secondary N) is 1. The van der Waals surface area contributed by atoms with Crippen molar-refractivity contribution in [3.8, 4) is 21.9 Å². The molecule has 1 N–H and O–H groups in total. The van der Waals surface area contributed by atoms with E-state index < -0.39 is 0 Å². The Kier molecular flexibility index (Phi) is 7.51. The van der Waals surface area contributed by atoms with Gasteiger partial charge in [-0.25, -0.2) is 4.98 Å². The van der Waals surface area contributed by atoms with Crippen LogP contribution in [0.4, 0.5) is 5.82 Å². The third-order valence-corrected chi connectivity index (χ3v) is 11.8. The summed E-state index contributed by atoms with van der Waals surface area (Å²) in [5.74, 6) is 2.35. The van der Waals surface area contributed by atoms with Gasteiger partial charge < -0.3 is 24.1 Å². The van der Waals surface area contributed by atoms with E-state index in [0.717, 1.165) is 108 Å². The zero-order valence-corrected chi connectivity index (χ0v) is 28.0. The molecule has 0 radical (unpaired) electrons. The number of hydrogen-bond acceptors (Lipinski definition) is 10. The molecule has 48 heavy (non-hydrogen) atoms.